The summed E-state index contributed by atoms with van der Waals surface area (Å²) in [5.41, 5.74) is 8.08. The summed E-state index contributed by atoms with van der Waals surface area (Å²) in [5.74, 6) is -0.327. The molecule has 1 unspecified atom stereocenters. The van der Waals surface area contributed by atoms with E-state index in [1.165, 1.54) is 0 Å². The normalized spacial score (nSPS) is 11.6. The first kappa shape index (κ1) is 17.7. The molecule has 0 saturated heterocycles. The van der Waals surface area contributed by atoms with Crippen molar-refractivity contribution in [1.29, 1.82) is 0 Å². The van der Waals surface area contributed by atoms with E-state index in [0.29, 0.717) is 17.8 Å². The Hall–Kier alpha value is -2.66. The van der Waals surface area contributed by atoms with Crippen molar-refractivity contribution in [2.75, 3.05) is 11.9 Å². The van der Waals surface area contributed by atoms with Crippen molar-refractivity contribution >= 4 is 17.5 Å². The Kier molecular flexibility index (Phi) is 6.51. The molecule has 0 heterocycles. The number of hydrogen-bond donors (Lipinski definition) is 3. The fraction of sp³-hybridized carbons (Fsp3) is 0.263. The highest BCUT2D eigenvalue weighted by atomic mass is 16.2. The Morgan fingerprint density at radius 1 is 1.08 bits per heavy atom. The minimum atomic E-state index is -0.359. The van der Waals surface area contributed by atoms with Crippen LogP contribution in [0.4, 0.5) is 5.69 Å². The van der Waals surface area contributed by atoms with Crippen LogP contribution in [0.3, 0.4) is 0 Å². The Morgan fingerprint density at radius 2 is 1.83 bits per heavy atom. The summed E-state index contributed by atoms with van der Waals surface area (Å²) in [6, 6.07) is 16.0. The SMILES string of the molecule is CCCNC(=O)c1cccc(NC(=O)CC(N)c2ccccc2)c1. The predicted molar refractivity (Wildman–Crippen MR) is 95.7 cm³/mol. The second kappa shape index (κ2) is 8.84. The van der Waals surface area contributed by atoms with Crippen LogP contribution in [0, 0.1) is 0 Å². The van der Waals surface area contributed by atoms with Crippen molar-refractivity contribution in [2.24, 2.45) is 5.73 Å². The Labute approximate surface area is 142 Å². The highest BCUT2D eigenvalue weighted by molar-refractivity contribution is 5.97. The molecule has 4 N–H and O–H groups in total. The summed E-state index contributed by atoms with van der Waals surface area (Å²) in [6.45, 7) is 2.62. The van der Waals surface area contributed by atoms with Crippen LogP contribution in [0.1, 0.15) is 41.7 Å². The Balaban J connectivity index is 1.95. The van der Waals surface area contributed by atoms with Crippen LogP contribution in [0.2, 0.25) is 0 Å². The first-order valence-electron chi connectivity index (χ1n) is 8.08. The predicted octanol–water partition coefficient (Wildman–Crippen LogP) is 2.86. The summed E-state index contributed by atoms with van der Waals surface area (Å²) in [7, 11) is 0. The van der Waals surface area contributed by atoms with Crippen molar-refractivity contribution in [1.82, 2.24) is 5.32 Å². The van der Waals surface area contributed by atoms with Gasteiger partial charge in [0, 0.05) is 30.3 Å². The number of anilines is 1. The van der Waals surface area contributed by atoms with Crippen LogP contribution < -0.4 is 16.4 Å². The lowest BCUT2D eigenvalue weighted by Gasteiger charge is -2.12. The zero-order valence-corrected chi connectivity index (χ0v) is 13.8. The van der Waals surface area contributed by atoms with Crippen molar-refractivity contribution in [3.63, 3.8) is 0 Å². The zero-order valence-electron chi connectivity index (χ0n) is 13.8. The molecule has 2 aromatic carbocycles. The number of rotatable bonds is 7. The average molecular weight is 325 g/mol. The van der Waals surface area contributed by atoms with E-state index in [1.807, 2.05) is 37.3 Å². The molecule has 2 aromatic rings. The van der Waals surface area contributed by atoms with Gasteiger partial charge in [-0.3, -0.25) is 9.59 Å². The lowest BCUT2D eigenvalue weighted by molar-refractivity contribution is -0.116. The fourth-order valence-electron chi connectivity index (χ4n) is 2.31. The molecule has 126 valence electrons. The van der Waals surface area contributed by atoms with Crippen LogP contribution in [-0.2, 0) is 4.79 Å². The van der Waals surface area contributed by atoms with Gasteiger partial charge in [0.25, 0.3) is 5.91 Å². The molecule has 0 saturated carbocycles. The summed E-state index contributed by atoms with van der Waals surface area (Å²) >= 11 is 0. The van der Waals surface area contributed by atoms with Gasteiger partial charge in [-0.1, -0.05) is 43.3 Å². The maximum Gasteiger partial charge on any atom is 0.251 e. The molecule has 1 atom stereocenters. The molecule has 24 heavy (non-hydrogen) atoms. The van der Waals surface area contributed by atoms with E-state index in [1.54, 1.807) is 24.3 Å². The van der Waals surface area contributed by atoms with E-state index in [4.69, 9.17) is 5.73 Å². The van der Waals surface area contributed by atoms with Gasteiger partial charge in [0.05, 0.1) is 0 Å². The monoisotopic (exact) mass is 325 g/mol. The highest BCUT2D eigenvalue weighted by Gasteiger charge is 2.12. The lowest BCUT2D eigenvalue weighted by Crippen LogP contribution is -2.24. The standard InChI is InChI=1S/C19H23N3O2/c1-2-11-21-19(24)15-9-6-10-16(12-15)22-18(23)13-17(20)14-7-4-3-5-8-14/h3-10,12,17H,2,11,13,20H2,1H3,(H,21,24)(H,22,23). The molecule has 0 fully saturated rings. The van der Waals surface area contributed by atoms with Gasteiger partial charge >= 0.3 is 0 Å². The van der Waals surface area contributed by atoms with Crippen molar-refractivity contribution in [2.45, 2.75) is 25.8 Å². The number of carbonyl (C=O) groups is 2. The maximum absolute atomic E-state index is 12.2. The lowest BCUT2D eigenvalue weighted by atomic mass is 10.0. The van der Waals surface area contributed by atoms with Crippen LogP contribution >= 0.6 is 0 Å². The first-order valence-corrected chi connectivity index (χ1v) is 8.08. The molecule has 5 nitrogen and oxygen atoms in total. The van der Waals surface area contributed by atoms with E-state index in [0.717, 1.165) is 12.0 Å². The van der Waals surface area contributed by atoms with Gasteiger partial charge < -0.3 is 16.4 Å². The maximum atomic E-state index is 12.2. The molecule has 5 heteroatoms. The second-order valence-corrected chi connectivity index (χ2v) is 5.61. The second-order valence-electron chi connectivity index (χ2n) is 5.61. The van der Waals surface area contributed by atoms with Crippen LogP contribution in [-0.4, -0.2) is 18.4 Å². The molecular formula is C19H23N3O2. The van der Waals surface area contributed by atoms with Crippen LogP contribution in [0.15, 0.2) is 54.6 Å². The van der Waals surface area contributed by atoms with Crippen LogP contribution in [0.5, 0.6) is 0 Å². The van der Waals surface area contributed by atoms with Crippen molar-refractivity contribution in [3.8, 4) is 0 Å². The van der Waals surface area contributed by atoms with E-state index in [2.05, 4.69) is 10.6 Å². The van der Waals surface area contributed by atoms with E-state index >= 15 is 0 Å². The largest absolute Gasteiger partial charge is 0.352 e. The Bertz CT molecular complexity index is 686. The number of benzene rings is 2. The summed E-state index contributed by atoms with van der Waals surface area (Å²) in [4.78, 5) is 24.1. The van der Waals surface area contributed by atoms with Crippen molar-refractivity contribution in [3.05, 3.63) is 65.7 Å². The minimum Gasteiger partial charge on any atom is -0.352 e. The first-order chi connectivity index (χ1) is 11.6. The zero-order chi connectivity index (χ0) is 17.4. The van der Waals surface area contributed by atoms with E-state index in [-0.39, 0.29) is 24.3 Å². The molecule has 2 rings (SSSR count). The van der Waals surface area contributed by atoms with Crippen molar-refractivity contribution < 1.29 is 9.59 Å². The Morgan fingerprint density at radius 3 is 2.54 bits per heavy atom. The topological polar surface area (TPSA) is 84.2 Å². The van der Waals surface area contributed by atoms with Gasteiger partial charge in [-0.25, -0.2) is 0 Å². The number of carbonyl (C=O) groups excluding carboxylic acids is 2. The van der Waals surface area contributed by atoms with Gasteiger partial charge in [0.2, 0.25) is 5.91 Å². The number of nitrogens with one attached hydrogen (secondary N) is 2. The molecule has 0 bridgehead atoms. The van der Waals surface area contributed by atoms with E-state index < -0.39 is 0 Å². The number of hydrogen-bond acceptors (Lipinski definition) is 3. The third kappa shape index (κ3) is 5.21. The number of nitrogens with two attached hydrogens (primary N) is 1. The van der Waals surface area contributed by atoms with Gasteiger partial charge in [-0.15, -0.1) is 0 Å². The average Bonchev–Trinajstić information content (AvgIpc) is 2.60. The number of amides is 2. The molecule has 0 aliphatic carbocycles. The molecule has 0 spiro atoms. The highest BCUT2D eigenvalue weighted by Crippen LogP contribution is 2.16. The summed E-state index contributed by atoms with van der Waals surface area (Å²) < 4.78 is 0. The quantitative estimate of drug-likeness (QED) is 0.732. The molecule has 0 aliphatic rings. The molecule has 0 aromatic heterocycles. The molecule has 0 aliphatic heterocycles. The van der Waals surface area contributed by atoms with Gasteiger partial charge in [-0.05, 0) is 30.2 Å². The van der Waals surface area contributed by atoms with Gasteiger partial charge in [0.1, 0.15) is 0 Å². The fourth-order valence-corrected chi connectivity index (χ4v) is 2.31. The molecule has 2 amide bonds. The minimum absolute atomic E-state index is 0.145. The molecule has 0 radical (unpaired) electrons. The third-order valence-corrected chi connectivity index (χ3v) is 3.58. The smallest absolute Gasteiger partial charge is 0.251 e. The molecular weight excluding hydrogens is 302 g/mol. The van der Waals surface area contributed by atoms with Gasteiger partial charge in [0.15, 0.2) is 0 Å². The summed E-state index contributed by atoms with van der Waals surface area (Å²) in [6.07, 6.45) is 1.05. The van der Waals surface area contributed by atoms with Crippen LogP contribution in [0.25, 0.3) is 0 Å². The summed E-state index contributed by atoms with van der Waals surface area (Å²) in [5, 5.41) is 5.61. The van der Waals surface area contributed by atoms with Gasteiger partial charge in [-0.2, -0.15) is 0 Å². The van der Waals surface area contributed by atoms with E-state index in [9.17, 15) is 9.59 Å². The third-order valence-electron chi connectivity index (χ3n) is 3.58.